The molecule has 14 heavy (non-hydrogen) atoms. The largest absolute Gasteiger partial charge is 0.431 e. The second-order valence-electron chi connectivity index (χ2n) is 3.00. The van der Waals surface area contributed by atoms with E-state index in [2.05, 4.69) is 11.9 Å². The van der Waals surface area contributed by atoms with Crippen LogP contribution >= 0.6 is 11.8 Å². The maximum absolute atomic E-state index is 5.55. The van der Waals surface area contributed by atoms with Gasteiger partial charge >= 0.3 is 0 Å². The number of thioether (sulfide) groups is 1. The van der Waals surface area contributed by atoms with E-state index in [-0.39, 0.29) is 0 Å². The Hall–Kier alpha value is -0.960. The van der Waals surface area contributed by atoms with Crippen LogP contribution in [0.1, 0.15) is 12.8 Å². The van der Waals surface area contributed by atoms with Gasteiger partial charge in [-0.3, -0.25) is 0 Å². The summed E-state index contributed by atoms with van der Waals surface area (Å²) in [4.78, 5) is 4.36. The molecule has 2 rings (SSSR count). The van der Waals surface area contributed by atoms with Crippen molar-refractivity contribution in [2.24, 2.45) is 0 Å². The van der Waals surface area contributed by atoms with Crippen molar-refractivity contribution in [3.63, 3.8) is 0 Å². The van der Waals surface area contributed by atoms with E-state index in [1.54, 1.807) is 11.8 Å². The lowest BCUT2D eigenvalue weighted by molar-refractivity contribution is 0.489. The van der Waals surface area contributed by atoms with Crippen LogP contribution in [0.4, 0.5) is 0 Å². The zero-order valence-corrected chi connectivity index (χ0v) is 8.72. The minimum atomic E-state index is 0.764. The topological polar surface area (TPSA) is 26.0 Å². The third kappa shape index (κ3) is 2.10. The van der Waals surface area contributed by atoms with Gasteiger partial charge in [-0.05, 0) is 18.6 Å². The van der Waals surface area contributed by atoms with Crippen molar-refractivity contribution >= 4 is 22.9 Å². The van der Waals surface area contributed by atoms with Crippen LogP contribution in [0.15, 0.2) is 33.9 Å². The van der Waals surface area contributed by atoms with Crippen molar-refractivity contribution in [2.75, 3.05) is 5.75 Å². The maximum Gasteiger partial charge on any atom is 0.256 e. The van der Waals surface area contributed by atoms with Crippen molar-refractivity contribution in [2.45, 2.75) is 18.1 Å². The molecule has 1 aromatic carbocycles. The molecule has 0 fully saturated rings. The minimum absolute atomic E-state index is 0.764. The molecule has 0 spiro atoms. The highest BCUT2D eigenvalue weighted by molar-refractivity contribution is 7.99. The van der Waals surface area contributed by atoms with Gasteiger partial charge in [0.15, 0.2) is 5.58 Å². The Balaban J connectivity index is 2.11. The molecule has 2 nitrogen and oxygen atoms in total. The Morgan fingerprint density at radius 2 is 2.21 bits per heavy atom. The van der Waals surface area contributed by atoms with E-state index in [9.17, 15) is 0 Å². The van der Waals surface area contributed by atoms with E-state index < -0.39 is 0 Å². The summed E-state index contributed by atoms with van der Waals surface area (Å²) >= 11 is 1.65. The van der Waals surface area contributed by atoms with Gasteiger partial charge < -0.3 is 4.42 Å². The third-order valence-electron chi connectivity index (χ3n) is 1.89. The Labute approximate surface area is 87.7 Å². The molecule has 2 aromatic rings. The van der Waals surface area contributed by atoms with Crippen LogP contribution < -0.4 is 0 Å². The summed E-state index contributed by atoms with van der Waals surface area (Å²) in [6.07, 6.45) is 2.07. The molecule has 1 radical (unpaired) electrons. The van der Waals surface area contributed by atoms with Crippen LogP contribution in [0.2, 0.25) is 0 Å². The van der Waals surface area contributed by atoms with E-state index in [1.165, 1.54) is 0 Å². The van der Waals surface area contributed by atoms with E-state index in [0.29, 0.717) is 0 Å². The fourth-order valence-corrected chi connectivity index (χ4v) is 2.01. The lowest BCUT2D eigenvalue weighted by Crippen LogP contribution is -1.77. The van der Waals surface area contributed by atoms with Crippen molar-refractivity contribution < 1.29 is 4.42 Å². The summed E-state index contributed by atoms with van der Waals surface area (Å²) in [5.41, 5.74) is 1.80. The molecular weight excluding hydrogens is 194 g/mol. The Kier molecular flexibility index (Phi) is 3.09. The van der Waals surface area contributed by atoms with E-state index in [0.717, 1.165) is 34.9 Å². The first-order valence-corrected chi connectivity index (χ1v) is 5.66. The molecule has 0 saturated heterocycles. The molecule has 0 N–H and O–H groups in total. The zero-order valence-electron chi connectivity index (χ0n) is 7.90. The Morgan fingerprint density at radius 3 is 3.00 bits per heavy atom. The number of hydrogen-bond acceptors (Lipinski definition) is 3. The van der Waals surface area contributed by atoms with Gasteiger partial charge in [0, 0.05) is 5.75 Å². The Morgan fingerprint density at radius 1 is 1.36 bits per heavy atom. The molecule has 0 aliphatic heterocycles. The van der Waals surface area contributed by atoms with E-state index in [1.807, 2.05) is 24.3 Å². The molecule has 0 bridgehead atoms. The molecule has 0 atom stereocenters. The summed E-state index contributed by atoms with van der Waals surface area (Å²) in [6, 6.07) is 7.82. The summed E-state index contributed by atoms with van der Waals surface area (Å²) < 4.78 is 5.55. The van der Waals surface area contributed by atoms with E-state index >= 15 is 0 Å². The average molecular weight is 206 g/mol. The van der Waals surface area contributed by atoms with Crippen LogP contribution in [-0.4, -0.2) is 10.7 Å². The highest BCUT2D eigenvalue weighted by Crippen LogP contribution is 2.23. The standard InChI is InChI=1S/C11H12NOS/c1-2-3-8-14-11-12-9-6-4-5-7-10(9)13-11/h4-7H,1-3,8H2. The van der Waals surface area contributed by atoms with Gasteiger partial charge in [0.1, 0.15) is 5.52 Å². The third-order valence-corrected chi connectivity index (χ3v) is 2.81. The van der Waals surface area contributed by atoms with Gasteiger partial charge in [0.25, 0.3) is 5.22 Å². The lowest BCUT2D eigenvalue weighted by Gasteiger charge is -1.91. The second kappa shape index (κ2) is 4.51. The number of oxazole rings is 1. The molecule has 0 saturated carbocycles. The van der Waals surface area contributed by atoms with E-state index in [4.69, 9.17) is 4.42 Å². The highest BCUT2D eigenvalue weighted by atomic mass is 32.2. The highest BCUT2D eigenvalue weighted by Gasteiger charge is 2.04. The predicted molar refractivity (Wildman–Crippen MR) is 59.3 cm³/mol. The van der Waals surface area contributed by atoms with Crippen molar-refractivity contribution in [1.82, 2.24) is 4.98 Å². The summed E-state index contributed by atoms with van der Waals surface area (Å²) in [5.74, 6) is 1.02. The monoisotopic (exact) mass is 206 g/mol. The predicted octanol–water partition coefficient (Wildman–Crippen LogP) is 3.53. The SMILES string of the molecule is [CH2]CCCSc1nc2ccccc2o1. The first kappa shape index (κ1) is 9.59. The van der Waals surface area contributed by atoms with Crippen LogP contribution in [0.5, 0.6) is 0 Å². The van der Waals surface area contributed by atoms with Gasteiger partial charge in [0.05, 0.1) is 0 Å². The second-order valence-corrected chi connectivity index (χ2v) is 4.05. The number of aromatic nitrogens is 1. The molecule has 0 aliphatic rings. The maximum atomic E-state index is 5.55. The van der Waals surface area contributed by atoms with Crippen LogP contribution in [0, 0.1) is 6.92 Å². The first-order valence-electron chi connectivity index (χ1n) is 4.68. The fourth-order valence-electron chi connectivity index (χ4n) is 1.17. The lowest BCUT2D eigenvalue weighted by atomic mass is 10.3. The smallest absolute Gasteiger partial charge is 0.256 e. The molecule has 1 heterocycles. The summed E-state index contributed by atoms with van der Waals surface area (Å²) in [5, 5.41) is 0.764. The van der Waals surface area contributed by atoms with Crippen LogP contribution in [0.25, 0.3) is 11.1 Å². The molecule has 3 heteroatoms. The fraction of sp³-hybridized carbons (Fsp3) is 0.273. The van der Waals surface area contributed by atoms with Gasteiger partial charge in [0.2, 0.25) is 0 Å². The molecule has 0 amide bonds. The number of rotatable bonds is 4. The van der Waals surface area contributed by atoms with Crippen molar-refractivity contribution in [1.29, 1.82) is 0 Å². The summed E-state index contributed by atoms with van der Waals surface area (Å²) in [6.45, 7) is 3.80. The van der Waals surface area contributed by atoms with Crippen LogP contribution in [0.3, 0.4) is 0 Å². The quantitative estimate of drug-likeness (QED) is 0.565. The molecular formula is C11H12NOS. The van der Waals surface area contributed by atoms with Crippen LogP contribution in [-0.2, 0) is 0 Å². The number of benzene rings is 1. The van der Waals surface area contributed by atoms with Gasteiger partial charge in [-0.2, -0.15) is 0 Å². The molecule has 0 aliphatic carbocycles. The average Bonchev–Trinajstić information content (AvgIpc) is 2.60. The minimum Gasteiger partial charge on any atom is -0.431 e. The number of unbranched alkanes of at least 4 members (excludes halogenated alkanes) is 1. The van der Waals surface area contributed by atoms with Gasteiger partial charge in [-0.1, -0.05) is 37.2 Å². The molecule has 0 unspecified atom stereocenters. The van der Waals surface area contributed by atoms with Gasteiger partial charge in [-0.15, -0.1) is 0 Å². The first-order chi connectivity index (χ1) is 6.90. The van der Waals surface area contributed by atoms with Crippen molar-refractivity contribution in [3.05, 3.63) is 31.2 Å². The summed E-state index contributed by atoms with van der Waals surface area (Å²) in [7, 11) is 0. The number of para-hydroxylation sites is 2. The number of fused-ring (bicyclic) bond motifs is 1. The Bertz CT molecular complexity index is 377. The normalized spacial score (nSPS) is 10.9. The number of nitrogens with zero attached hydrogens (tertiary/aromatic N) is 1. The number of hydrogen-bond donors (Lipinski definition) is 0. The van der Waals surface area contributed by atoms with Gasteiger partial charge in [-0.25, -0.2) is 4.98 Å². The zero-order chi connectivity index (χ0) is 9.80. The molecule has 73 valence electrons. The van der Waals surface area contributed by atoms with Crippen molar-refractivity contribution in [3.8, 4) is 0 Å². The molecule has 1 aromatic heterocycles.